The largest absolute Gasteiger partial charge is 0.311 e. The zero-order valence-corrected chi connectivity index (χ0v) is 34.6. The molecule has 0 aromatic heterocycles. The van der Waals surface area contributed by atoms with Gasteiger partial charge in [-0.2, -0.15) is 0 Å². The molecule has 6 aliphatic rings. The average molecular weight is 779 g/mol. The minimum absolute atomic E-state index is 0.00811. The Morgan fingerprint density at radius 3 is 1.37 bits per heavy atom. The van der Waals surface area contributed by atoms with Crippen LogP contribution in [0.1, 0.15) is 86.5 Å². The minimum Gasteiger partial charge on any atom is -0.311 e. The van der Waals surface area contributed by atoms with Crippen molar-refractivity contribution in [3.05, 3.63) is 204 Å². The molecule has 2 heteroatoms. The Morgan fingerprint density at radius 1 is 0.367 bits per heavy atom. The third-order valence-electron chi connectivity index (χ3n) is 15.9. The Balaban J connectivity index is 0.982. The van der Waals surface area contributed by atoms with Gasteiger partial charge in [-0.15, -0.1) is 0 Å². The van der Waals surface area contributed by atoms with Crippen LogP contribution in [0, 0.1) is 23.7 Å². The van der Waals surface area contributed by atoms with Crippen LogP contribution in [0.25, 0.3) is 11.1 Å². The third-order valence-corrected chi connectivity index (χ3v) is 15.9. The highest BCUT2D eigenvalue weighted by Gasteiger charge is 2.58. The Bertz CT molecular complexity index is 2560. The number of hydrogen-bond donors (Lipinski definition) is 0. The summed E-state index contributed by atoms with van der Waals surface area (Å²) in [5, 5.41) is 0. The molecular formula is C58H54N2. The molecule has 0 heterocycles. The van der Waals surface area contributed by atoms with Gasteiger partial charge in [0.2, 0.25) is 0 Å². The number of para-hydroxylation sites is 3. The molecule has 7 aromatic carbocycles. The van der Waals surface area contributed by atoms with Gasteiger partial charge in [-0.3, -0.25) is 0 Å². The first-order valence-corrected chi connectivity index (χ1v) is 22.9. The molecule has 1 spiro atoms. The summed E-state index contributed by atoms with van der Waals surface area (Å²) in [7, 11) is 0. The van der Waals surface area contributed by atoms with Crippen molar-refractivity contribution in [2.75, 3.05) is 9.80 Å². The number of anilines is 6. The summed E-state index contributed by atoms with van der Waals surface area (Å²) >= 11 is 0. The predicted molar refractivity (Wildman–Crippen MR) is 249 cm³/mol. The Kier molecular flexibility index (Phi) is 8.65. The van der Waals surface area contributed by atoms with Gasteiger partial charge in [-0.05, 0) is 169 Å². The van der Waals surface area contributed by atoms with E-state index in [2.05, 4.69) is 192 Å². The minimum atomic E-state index is 0.00811. The molecule has 5 saturated carbocycles. The Labute approximate surface area is 356 Å². The maximum atomic E-state index is 2.59. The van der Waals surface area contributed by atoms with Crippen LogP contribution in [-0.2, 0) is 10.8 Å². The lowest BCUT2D eigenvalue weighted by Gasteiger charge is -2.62. The molecule has 6 aliphatic carbocycles. The molecule has 0 atom stereocenters. The second-order valence-corrected chi connectivity index (χ2v) is 18.8. The molecule has 2 nitrogen and oxygen atoms in total. The molecule has 0 N–H and O–H groups in total. The molecule has 4 bridgehead atoms. The van der Waals surface area contributed by atoms with Crippen molar-refractivity contribution in [3.63, 3.8) is 0 Å². The van der Waals surface area contributed by atoms with Crippen LogP contribution in [0.4, 0.5) is 34.1 Å². The average Bonchev–Trinajstić information content (AvgIpc) is 3.57. The Morgan fingerprint density at radius 2 is 0.817 bits per heavy atom. The zero-order chi connectivity index (χ0) is 39.7. The van der Waals surface area contributed by atoms with Crippen molar-refractivity contribution < 1.29 is 0 Å². The number of nitrogens with zero attached hydrogens (tertiary/aromatic N) is 2. The van der Waals surface area contributed by atoms with E-state index in [0.29, 0.717) is 11.8 Å². The maximum Gasteiger partial charge on any atom is 0.0508 e. The van der Waals surface area contributed by atoms with Crippen molar-refractivity contribution >= 4 is 34.1 Å². The standard InChI is InChI=1S/C58H54N2/c1-5-16-47(17-6-1)59(48-18-7-2-8-19-48)50-30-26-43(27-31-50)58(45-37-41-36-42(39-45)40-46(58)38-41)44-28-32-51(33-29-44)60(49-20-9-3-10-21-49)55-25-15-23-53-52-22-11-12-24-54(52)57(56(53)55)34-13-4-14-35-57/h1-3,5-12,15-33,41-42,45-46H,4,13-14,34-40H2. The van der Waals surface area contributed by atoms with E-state index in [-0.39, 0.29) is 10.8 Å². The quantitative estimate of drug-likeness (QED) is 0.152. The highest BCUT2D eigenvalue weighted by molar-refractivity contribution is 5.91. The number of hydrogen-bond acceptors (Lipinski definition) is 2. The van der Waals surface area contributed by atoms with Gasteiger partial charge in [0.05, 0.1) is 5.69 Å². The van der Waals surface area contributed by atoms with E-state index >= 15 is 0 Å². The fraction of sp³-hybridized carbons (Fsp3) is 0.276. The van der Waals surface area contributed by atoms with Crippen LogP contribution in [0.15, 0.2) is 182 Å². The summed E-state index contributed by atoms with van der Waals surface area (Å²) < 4.78 is 0. The first kappa shape index (κ1) is 36.0. The second-order valence-electron chi connectivity index (χ2n) is 18.8. The van der Waals surface area contributed by atoms with Crippen molar-refractivity contribution in [2.45, 2.75) is 75.0 Å². The maximum absolute atomic E-state index is 2.59. The lowest BCUT2D eigenvalue weighted by Crippen LogP contribution is -2.56. The van der Waals surface area contributed by atoms with Gasteiger partial charge in [0.15, 0.2) is 0 Å². The third kappa shape index (κ3) is 5.52. The summed E-state index contributed by atoms with van der Waals surface area (Å²) in [6, 6.07) is 69.1. The molecule has 7 aromatic rings. The van der Waals surface area contributed by atoms with Gasteiger partial charge >= 0.3 is 0 Å². The van der Waals surface area contributed by atoms with Crippen LogP contribution in [0.2, 0.25) is 0 Å². The van der Waals surface area contributed by atoms with Gasteiger partial charge in [-0.1, -0.05) is 135 Å². The van der Waals surface area contributed by atoms with Crippen molar-refractivity contribution in [2.24, 2.45) is 23.7 Å². The predicted octanol–water partition coefficient (Wildman–Crippen LogP) is 15.6. The van der Waals surface area contributed by atoms with E-state index in [1.54, 1.807) is 5.56 Å². The number of benzene rings is 7. The van der Waals surface area contributed by atoms with Crippen LogP contribution >= 0.6 is 0 Å². The monoisotopic (exact) mass is 778 g/mol. The molecule has 0 radical (unpaired) electrons. The second kappa shape index (κ2) is 14.4. The lowest BCUT2D eigenvalue weighted by atomic mass is 9.42. The van der Waals surface area contributed by atoms with Crippen molar-refractivity contribution in [3.8, 4) is 11.1 Å². The van der Waals surface area contributed by atoms with Crippen molar-refractivity contribution in [1.82, 2.24) is 0 Å². The molecule has 5 fully saturated rings. The van der Waals surface area contributed by atoms with Gasteiger partial charge in [-0.25, -0.2) is 0 Å². The molecule has 0 saturated heterocycles. The van der Waals surface area contributed by atoms with Crippen molar-refractivity contribution in [1.29, 1.82) is 0 Å². The summed E-state index contributed by atoms with van der Waals surface area (Å²) in [5.41, 5.74) is 16.4. The zero-order valence-electron chi connectivity index (χ0n) is 34.6. The summed E-state index contributed by atoms with van der Waals surface area (Å²) in [5.74, 6) is 3.10. The van der Waals surface area contributed by atoms with E-state index in [1.165, 1.54) is 126 Å². The topological polar surface area (TPSA) is 6.48 Å². The Hall–Kier alpha value is -5.86. The molecule has 60 heavy (non-hydrogen) atoms. The fourth-order valence-electron chi connectivity index (χ4n) is 13.8. The van der Waals surface area contributed by atoms with Crippen LogP contribution in [-0.4, -0.2) is 0 Å². The molecule has 0 amide bonds. The van der Waals surface area contributed by atoms with Crippen LogP contribution in [0.5, 0.6) is 0 Å². The number of rotatable bonds is 8. The molecule has 0 unspecified atom stereocenters. The smallest absolute Gasteiger partial charge is 0.0508 e. The first-order valence-electron chi connectivity index (χ1n) is 22.9. The van der Waals surface area contributed by atoms with E-state index < -0.39 is 0 Å². The van der Waals surface area contributed by atoms with E-state index in [1.807, 2.05) is 0 Å². The van der Waals surface area contributed by atoms with Gasteiger partial charge in [0.1, 0.15) is 0 Å². The highest BCUT2D eigenvalue weighted by Crippen LogP contribution is 2.66. The molecule has 296 valence electrons. The summed E-state index contributed by atoms with van der Waals surface area (Å²) in [4.78, 5) is 4.99. The highest BCUT2D eigenvalue weighted by atomic mass is 15.1. The summed E-state index contributed by atoms with van der Waals surface area (Å²) in [6.07, 6.45) is 13.2. The van der Waals surface area contributed by atoms with E-state index in [9.17, 15) is 0 Å². The normalized spacial score (nSPS) is 24.2. The summed E-state index contributed by atoms with van der Waals surface area (Å²) in [6.45, 7) is 0. The SMILES string of the molecule is c1ccc(N(c2ccccc2)c2ccc(C3(c4ccc(N(c5ccccc5)c5cccc6c5C5(CCCCC5)c5ccccc5-6)cc4)C4CC5CC(C4)CC3C5)cc2)cc1. The lowest BCUT2D eigenvalue weighted by molar-refractivity contribution is -0.0418. The van der Waals surface area contributed by atoms with Crippen LogP contribution in [0.3, 0.4) is 0 Å². The number of fused-ring (bicyclic) bond motifs is 5. The fourth-order valence-corrected chi connectivity index (χ4v) is 13.8. The molecular weight excluding hydrogens is 725 g/mol. The van der Waals surface area contributed by atoms with Gasteiger partial charge in [0.25, 0.3) is 0 Å². The van der Waals surface area contributed by atoms with E-state index in [4.69, 9.17) is 0 Å². The van der Waals surface area contributed by atoms with Crippen LogP contribution < -0.4 is 9.80 Å². The van der Waals surface area contributed by atoms with Gasteiger partial charge in [0, 0.05) is 39.3 Å². The van der Waals surface area contributed by atoms with E-state index in [0.717, 1.165) is 11.8 Å². The molecule has 13 rings (SSSR count). The first-order chi connectivity index (χ1) is 29.7. The molecule has 0 aliphatic heterocycles. The van der Waals surface area contributed by atoms with Gasteiger partial charge < -0.3 is 9.80 Å².